The minimum absolute atomic E-state index is 0.00242. The van der Waals surface area contributed by atoms with Crippen molar-refractivity contribution >= 4 is 64.1 Å². The highest BCUT2D eigenvalue weighted by Crippen LogP contribution is 2.64. The number of phenolic OH excluding ortho intramolecular Hbond substituents is 1. The number of ether oxygens (including phenoxy) is 2. The van der Waals surface area contributed by atoms with Crippen LogP contribution in [0.25, 0.3) is 0 Å². The molecule has 0 unspecified atom stereocenters. The highest BCUT2D eigenvalue weighted by atomic mass is 35.5. The summed E-state index contributed by atoms with van der Waals surface area (Å²) in [5.74, 6) is -7.01. The number of benzene rings is 3. The summed E-state index contributed by atoms with van der Waals surface area (Å²) >= 11 is 19.1. The van der Waals surface area contributed by atoms with Gasteiger partial charge in [0.15, 0.2) is 11.5 Å². The summed E-state index contributed by atoms with van der Waals surface area (Å²) in [6.45, 7) is 0. The number of allylic oxidation sites excluding steroid dienone is 2. The molecule has 3 fully saturated rings. The predicted octanol–water partition coefficient (Wildman–Crippen LogP) is 5.74. The number of aromatic hydroxyl groups is 1. The van der Waals surface area contributed by atoms with E-state index in [1.807, 2.05) is 6.08 Å². The van der Waals surface area contributed by atoms with E-state index in [2.05, 4.69) is 5.43 Å². The van der Waals surface area contributed by atoms with E-state index in [0.717, 1.165) is 5.01 Å². The second-order valence-electron chi connectivity index (χ2n) is 12.3. The maximum atomic E-state index is 15.2. The van der Waals surface area contributed by atoms with Crippen LogP contribution in [0.5, 0.6) is 17.2 Å². The van der Waals surface area contributed by atoms with E-state index < -0.39 is 58.6 Å². The van der Waals surface area contributed by atoms with Crippen LogP contribution in [0.15, 0.2) is 66.2 Å². The fraction of sp³-hybridized carbons (Fsp3) is 0.294. The Hall–Kier alpha value is -4.29. The minimum atomic E-state index is -1.64. The molecule has 0 radical (unpaired) electrons. The average Bonchev–Trinajstić information content (AvgIpc) is 3.43. The lowest BCUT2D eigenvalue weighted by Crippen LogP contribution is -2.53. The molecular formula is C34H28Cl3N3O8. The second kappa shape index (κ2) is 11.7. The van der Waals surface area contributed by atoms with Crippen molar-refractivity contribution in [2.24, 2.45) is 23.7 Å². The molecule has 2 heterocycles. The van der Waals surface area contributed by atoms with Gasteiger partial charge in [0.1, 0.15) is 5.75 Å². The molecule has 3 N–H and O–H groups in total. The molecule has 3 aromatic carbocycles. The molecular weight excluding hydrogens is 685 g/mol. The van der Waals surface area contributed by atoms with Crippen molar-refractivity contribution in [1.82, 2.24) is 10.1 Å². The summed E-state index contributed by atoms with van der Waals surface area (Å²) in [6.07, 6.45) is 1.94. The Balaban J connectivity index is 1.50. The largest absolute Gasteiger partial charge is 0.503 e. The number of hydrazine groups is 1. The molecule has 48 heavy (non-hydrogen) atoms. The monoisotopic (exact) mass is 711 g/mol. The number of carbonyl (C=O) groups is 4. The Morgan fingerprint density at radius 3 is 2.27 bits per heavy atom. The molecule has 7 rings (SSSR count). The van der Waals surface area contributed by atoms with Gasteiger partial charge < -0.3 is 14.6 Å². The van der Waals surface area contributed by atoms with Gasteiger partial charge in [-0.25, -0.2) is 0 Å². The molecule has 1 saturated carbocycles. The topological polar surface area (TPSA) is 146 Å². The first kappa shape index (κ1) is 32.3. The maximum Gasteiger partial charge on any atom is 0.260 e. The molecule has 6 atom stereocenters. The zero-order valence-corrected chi connectivity index (χ0v) is 27.7. The van der Waals surface area contributed by atoms with Crippen LogP contribution in [0.1, 0.15) is 29.9 Å². The SMILES string of the molecule is COc1ccc([C@@]23C(=O)N(Nc4ccc(Cl)cc4Cl)C(=O)[C@@H]2C[C@@H]2C(=CC[C@@H]4C(=O)N(O)C(=O)[C@@H]42)[C@@H]3c2cc(Cl)c(O)c(OC)c2)cc1. The van der Waals surface area contributed by atoms with Crippen LogP contribution < -0.4 is 14.9 Å². The number of hydroxylamine groups is 2. The molecule has 11 nitrogen and oxygen atoms in total. The normalized spacial score (nSPS) is 27.8. The first-order valence-corrected chi connectivity index (χ1v) is 16.1. The van der Waals surface area contributed by atoms with Crippen molar-refractivity contribution in [3.05, 3.63) is 92.4 Å². The fourth-order valence-corrected chi connectivity index (χ4v) is 8.79. The number of hydrogen-bond acceptors (Lipinski definition) is 9. The van der Waals surface area contributed by atoms with Crippen molar-refractivity contribution in [3.63, 3.8) is 0 Å². The molecule has 14 heteroatoms. The van der Waals surface area contributed by atoms with Crippen molar-refractivity contribution in [3.8, 4) is 17.2 Å². The first-order chi connectivity index (χ1) is 22.9. The molecule has 248 valence electrons. The Kier molecular flexibility index (Phi) is 7.86. The lowest BCUT2D eigenvalue weighted by molar-refractivity contribution is -0.173. The van der Waals surface area contributed by atoms with Gasteiger partial charge in [0, 0.05) is 10.9 Å². The van der Waals surface area contributed by atoms with Gasteiger partial charge in [-0.2, -0.15) is 10.1 Å². The third-order valence-electron chi connectivity index (χ3n) is 10.2. The summed E-state index contributed by atoms with van der Waals surface area (Å²) in [7, 11) is 2.87. The summed E-state index contributed by atoms with van der Waals surface area (Å²) in [6, 6.07) is 14.4. The molecule has 0 spiro atoms. The smallest absolute Gasteiger partial charge is 0.260 e. The molecule has 0 bridgehead atoms. The zero-order valence-electron chi connectivity index (χ0n) is 25.4. The van der Waals surface area contributed by atoms with E-state index in [1.165, 1.54) is 26.4 Å². The Bertz CT molecular complexity index is 1930. The molecule has 2 aliphatic carbocycles. The Labute approximate surface area is 289 Å². The molecule has 3 aromatic rings. The third kappa shape index (κ3) is 4.52. The quantitative estimate of drug-likeness (QED) is 0.165. The van der Waals surface area contributed by atoms with Crippen LogP contribution in [0.3, 0.4) is 0 Å². The number of halogens is 3. The summed E-state index contributed by atoms with van der Waals surface area (Å²) in [5, 5.41) is 22.6. The number of nitrogens with zero attached hydrogens (tertiary/aromatic N) is 2. The highest BCUT2D eigenvalue weighted by molar-refractivity contribution is 6.36. The molecule has 0 aromatic heterocycles. The van der Waals surface area contributed by atoms with Crippen molar-refractivity contribution in [1.29, 1.82) is 0 Å². The second-order valence-corrected chi connectivity index (χ2v) is 13.5. The molecule has 4 amide bonds. The van der Waals surface area contributed by atoms with Gasteiger partial charge >= 0.3 is 0 Å². The predicted molar refractivity (Wildman–Crippen MR) is 174 cm³/mol. The minimum Gasteiger partial charge on any atom is -0.503 e. The fourth-order valence-electron chi connectivity index (χ4n) is 8.12. The highest BCUT2D eigenvalue weighted by Gasteiger charge is 2.70. The van der Waals surface area contributed by atoms with Crippen molar-refractivity contribution in [2.75, 3.05) is 19.6 Å². The zero-order chi connectivity index (χ0) is 34.2. The van der Waals surface area contributed by atoms with E-state index in [1.54, 1.807) is 42.5 Å². The number of methoxy groups -OCH3 is 2. The van der Waals surface area contributed by atoms with Crippen LogP contribution in [0.4, 0.5) is 5.69 Å². The van der Waals surface area contributed by atoms with Gasteiger partial charge in [-0.15, -0.1) is 0 Å². The van der Waals surface area contributed by atoms with Gasteiger partial charge in [0.05, 0.1) is 53.1 Å². The number of hydrogen-bond donors (Lipinski definition) is 3. The average molecular weight is 713 g/mol. The van der Waals surface area contributed by atoms with Crippen LogP contribution in [0.2, 0.25) is 15.1 Å². The Morgan fingerprint density at radius 1 is 0.875 bits per heavy atom. The van der Waals surface area contributed by atoms with Crippen LogP contribution in [-0.4, -0.2) is 58.2 Å². The lowest BCUT2D eigenvalue weighted by atomic mass is 9.49. The number of amides is 4. The first-order valence-electron chi connectivity index (χ1n) is 15.0. The van der Waals surface area contributed by atoms with Crippen molar-refractivity contribution < 1.29 is 39.0 Å². The van der Waals surface area contributed by atoms with Crippen LogP contribution >= 0.6 is 34.8 Å². The number of imide groups is 2. The van der Waals surface area contributed by atoms with Crippen LogP contribution in [0, 0.1) is 23.7 Å². The Morgan fingerprint density at radius 2 is 1.60 bits per heavy atom. The number of fused-ring (bicyclic) bond motifs is 4. The lowest BCUT2D eigenvalue weighted by Gasteiger charge is -2.50. The number of anilines is 1. The van der Waals surface area contributed by atoms with Gasteiger partial charge in [-0.3, -0.25) is 29.8 Å². The summed E-state index contributed by atoms with van der Waals surface area (Å²) in [4.78, 5) is 56.2. The van der Waals surface area contributed by atoms with Gasteiger partial charge in [-0.05, 0) is 72.4 Å². The maximum absolute atomic E-state index is 15.2. The van der Waals surface area contributed by atoms with E-state index in [9.17, 15) is 24.7 Å². The van der Waals surface area contributed by atoms with Gasteiger partial charge in [0.25, 0.3) is 23.6 Å². The summed E-state index contributed by atoms with van der Waals surface area (Å²) in [5.41, 5.74) is 3.05. The van der Waals surface area contributed by atoms with Crippen molar-refractivity contribution in [2.45, 2.75) is 24.2 Å². The van der Waals surface area contributed by atoms with Gasteiger partial charge in [-0.1, -0.05) is 58.6 Å². The van der Waals surface area contributed by atoms with E-state index in [-0.39, 0.29) is 45.1 Å². The van der Waals surface area contributed by atoms with Crippen LogP contribution in [-0.2, 0) is 24.6 Å². The number of carbonyl (C=O) groups excluding carboxylic acids is 4. The standard InChI is InChI=1S/C34H28Cl3N3O8/c1-47-18-6-3-16(4-7-18)34-22(31(43)39(33(34)45)38-25-10-5-17(35)13-23(25)36)14-21-19(8-9-20-27(21)32(44)40(46)30(20)42)28(34)15-11-24(37)29(41)26(12-15)48-2/h3-8,10-13,20-22,27-28,38,41,46H,9,14H2,1-2H3/t20-,21+,22-,27-,28-,34+/m0/s1. The number of nitrogens with one attached hydrogen (secondary N) is 1. The summed E-state index contributed by atoms with van der Waals surface area (Å²) < 4.78 is 10.9. The number of phenols is 1. The van der Waals surface area contributed by atoms with E-state index in [0.29, 0.717) is 27.5 Å². The number of rotatable bonds is 6. The molecule has 2 aliphatic heterocycles. The molecule has 4 aliphatic rings. The third-order valence-corrected chi connectivity index (χ3v) is 11.0. The van der Waals surface area contributed by atoms with Gasteiger partial charge in [0.2, 0.25) is 0 Å². The molecule has 2 saturated heterocycles. The van der Waals surface area contributed by atoms with E-state index in [4.69, 9.17) is 44.3 Å². The van der Waals surface area contributed by atoms with E-state index >= 15 is 4.79 Å².